The van der Waals surface area contributed by atoms with E-state index < -0.39 is 0 Å². The fourth-order valence-corrected chi connectivity index (χ4v) is 3.07. The number of aliphatic hydroxyl groups excluding tert-OH is 1. The summed E-state index contributed by atoms with van der Waals surface area (Å²) in [5.41, 5.74) is 1.04. The number of hydrogen-bond acceptors (Lipinski definition) is 5. The first kappa shape index (κ1) is 15.9. The van der Waals surface area contributed by atoms with E-state index in [1.807, 2.05) is 49.5 Å². The minimum Gasteiger partial charge on any atom is -0.392 e. The molecule has 0 radical (unpaired) electrons. The summed E-state index contributed by atoms with van der Waals surface area (Å²) < 4.78 is 0. The zero-order valence-electron chi connectivity index (χ0n) is 13.8. The maximum absolute atomic E-state index is 9.59. The molecule has 3 rings (SSSR count). The van der Waals surface area contributed by atoms with E-state index in [0.717, 1.165) is 43.4 Å². The monoisotopic (exact) mass is 312 g/mol. The molecule has 2 aromatic rings. The lowest BCUT2D eigenvalue weighted by Crippen LogP contribution is -2.53. The third kappa shape index (κ3) is 3.86. The van der Waals surface area contributed by atoms with Gasteiger partial charge in [0.25, 0.3) is 0 Å². The van der Waals surface area contributed by atoms with Gasteiger partial charge in [-0.05, 0) is 19.9 Å². The van der Waals surface area contributed by atoms with Crippen LogP contribution in [0.5, 0.6) is 0 Å². The molecule has 0 spiro atoms. The largest absolute Gasteiger partial charge is 0.392 e. The molecule has 0 aliphatic carbocycles. The quantitative estimate of drug-likeness (QED) is 0.936. The molecule has 5 heteroatoms. The van der Waals surface area contributed by atoms with Crippen molar-refractivity contribution in [2.45, 2.75) is 26.0 Å². The van der Waals surface area contributed by atoms with E-state index in [9.17, 15) is 5.11 Å². The Bertz CT molecular complexity index is 632. The maximum Gasteiger partial charge on any atom is 0.161 e. The Morgan fingerprint density at radius 2 is 2.00 bits per heavy atom. The van der Waals surface area contributed by atoms with Crippen LogP contribution in [0.25, 0.3) is 11.4 Å². The Hall–Kier alpha value is -1.98. The van der Waals surface area contributed by atoms with Crippen molar-refractivity contribution in [3.63, 3.8) is 0 Å². The standard InChI is InChI=1S/C18H24N4O/c1-14-12-22(11-10-21(14)13-15(2)23)17-8-9-19-18(20-17)16-6-4-3-5-7-16/h3-9,14-15,23H,10-13H2,1-2H3/t14-,15-/m1/s1. The first-order valence-electron chi connectivity index (χ1n) is 8.19. The van der Waals surface area contributed by atoms with Gasteiger partial charge in [-0.25, -0.2) is 9.97 Å². The molecular weight excluding hydrogens is 288 g/mol. The smallest absolute Gasteiger partial charge is 0.161 e. The van der Waals surface area contributed by atoms with Gasteiger partial charge in [0.05, 0.1) is 6.10 Å². The molecule has 0 unspecified atom stereocenters. The number of rotatable bonds is 4. The molecule has 1 saturated heterocycles. The fourth-order valence-electron chi connectivity index (χ4n) is 3.07. The molecule has 0 amide bonds. The van der Waals surface area contributed by atoms with Gasteiger partial charge in [0.15, 0.2) is 5.82 Å². The Labute approximate surface area is 137 Å². The zero-order chi connectivity index (χ0) is 16.2. The van der Waals surface area contributed by atoms with Crippen molar-refractivity contribution in [1.29, 1.82) is 0 Å². The molecule has 5 nitrogen and oxygen atoms in total. The molecular formula is C18H24N4O. The van der Waals surface area contributed by atoms with E-state index in [1.165, 1.54) is 0 Å². The molecule has 1 aromatic heterocycles. The lowest BCUT2D eigenvalue weighted by Gasteiger charge is -2.40. The van der Waals surface area contributed by atoms with Gasteiger partial charge < -0.3 is 10.0 Å². The van der Waals surface area contributed by atoms with Crippen LogP contribution in [-0.2, 0) is 0 Å². The van der Waals surface area contributed by atoms with Gasteiger partial charge in [-0.3, -0.25) is 4.90 Å². The Morgan fingerprint density at radius 1 is 1.22 bits per heavy atom. The van der Waals surface area contributed by atoms with Gasteiger partial charge in [-0.2, -0.15) is 0 Å². The van der Waals surface area contributed by atoms with Gasteiger partial charge in [0, 0.05) is 44.0 Å². The highest BCUT2D eigenvalue weighted by atomic mass is 16.3. The van der Waals surface area contributed by atoms with E-state index in [0.29, 0.717) is 6.04 Å². The van der Waals surface area contributed by atoms with Crippen LogP contribution in [0, 0.1) is 0 Å². The summed E-state index contributed by atoms with van der Waals surface area (Å²) >= 11 is 0. The number of β-amino-alcohol motifs (C(OH)–C–C–N with tert-alkyl or cyclic N) is 1. The molecule has 23 heavy (non-hydrogen) atoms. The van der Waals surface area contributed by atoms with Crippen molar-refractivity contribution in [1.82, 2.24) is 14.9 Å². The van der Waals surface area contributed by atoms with E-state index >= 15 is 0 Å². The van der Waals surface area contributed by atoms with E-state index in [-0.39, 0.29) is 6.10 Å². The highest BCUT2D eigenvalue weighted by molar-refractivity contribution is 5.57. The van der Waals surface area contributed by atoms with E-state index in [4.69, 9.17) is 4.98 Å². The summed E-state index contributed by atoms with van der Waals surface area (Å²) in [5.74, 6) is 1.74. The van der Waals surface area contributed by atoms with Gasteiger partial charge in [0.1, 0.15) is 5.82 Å². The molecule has 122 valence electrons. The number of aromatic nitrogens is 2. The average Bonchev–Trinajstić information content (AvgIpc) is 2.57. The number of anilines is 1. The topological polar surface area (TPSA) is 52.5 Å². The van der Waals surface area contributed by atoms with Crippen LogP contribution < -0.4 is 4.90 Å². The van der Waals surface area contributed by atoms with E-state index in [2.05, 4.69) is 21.7 Å². The number of nitrogens with zero attached hydrogens (tertiary/aromatic N) is 4. The maximum atomic E-state index is 9.59. The van der Waals surface area contributed by atoms with Crippen LogP contribution in [0.15, 0.2) is 42.6 Å². The molecule has 1 fully saturated rings. The van der Waals surface area contributed by atoms with Crippen molar-refractivity contribution in [2.24, 2.45) is 0 Å². The van der Waals surface area contributed by atoms with Crippen molar-refractivity contribution in [2.75, 3.05) is 31.1 Å². The van der Waals surface area contributed by atoms with E-state index in [1.54, 1.807) is 0 Å². The second-order valence-corrected chi connectivity index (χ2v) is 6.24. The summed E-state index contributed by atoms with van der Waals surface area (Å²) in [4.78, 5) is 13.8. The predicted octanol–water partition coefficient (Wildman–Crippen LogP) is 2.03. The molecule has 1 N–H and O–H groups in total. The zero-order valence-corrected chi connectivity index (χ0v) is 13.8. The van der Waals surface area contributed by atoms with Crippen LogP contribution >= 0.6 is 0 Å². The van der Waals surface area contributed by atoms with Gasteiger partial charge in [-0.1, -0.05) is 30.3 Å². The Balaban J connectivity index is 1.73. The number of benzene rings is 1. The first-order chi connectivity index (χ1) is 11.1. The fraction of sp³-hybridized carbons (Fsp3) is 0.444. The molecule has 1 aliphatic rings. The second kappa shape index (κ2) is 7.06. The molecule has 2 atom stereocenters. The minimum absolute atomic E-state index is 0.285. The van der Waals surface area contributed by atoms with Crippen LogP contribution in [0.1, 0.15) is 13.8 Å². The van der Waals surface area contributed by atoms with Crippen molar-refractivity contribution in [3.05, 3.63) is 42.6 Å². The van der Waals surface area contributed by atoms with Gasteiger partial charge in [0.2, 0.25) is 0 Å². The van der Waals surface area contributed by atoms with Gasteiger partial charge in [-0.15, -0.1) is 0 Å². The number of hydrogen-bond donors (Lipinski definition) is 1. The Morgan fingerprint density at radius 3 is 2.70 bits per heavy atom. The SMILES string of the molecule is C[C@@H]1CN(c2ccnc(-c3ccccc3)n2)CCN1C[C@@H](C)O. The third-order valence-corrected chi connectivity index (χ3v) is 4.26. The molecule has 2 heterocycles. The van der Waals surface area contributed by atoms with Gasteiger partial charge >= 0.3 is 0 Å². The van der Waals surface area contributed by atoms with Crippen molar-refractivity contribution >= 4 is 5.82 Å². The van der Waals surface area contributed by atoms with Crippen LogP contribution in [0.3, 0.4) is 0 Å². The molecule has 0 saturated carbocycles. The lowest BCUT2D eigenvalue weighted by atomic mass is 10.1. The normalized spacial score (nSPS) is 20.5. The predicted molar refractivity (Wildman–Crippen MR) is 92.4 cm³/mol. The highest BCUT2D eigenvalue weighted by Gasteiger charge is 2.25. The summed E-state index contributed by atoms with van der Waals surface area (Å²) in [6.07, 6.45) is 1.55. The minimum atomic E-state index is -0.285. The number of piperazine rings is 1. The second-order valence-electron chi connectivity index (χ2n) is 6.24. The van der Waals surface area contributed by atoms with Crippen LogP contribution in [0.2, 0.25) is 0 Å². The molecule has 0 bridgehead atoms. The van der Waals surface area contributed by atoms with Crippen molar-refractivity contribution < 1.29 is 5.11 Å². The summed E-state index contributed by atoms with van der Waals surface area (Å²) in [5, 5.41) is 9.59. The molecule has 1 aliphatic heterocycles. The average molecular weight is 312 g/mol. The summed E-state index contributed by atoms with van der Waals surface area (Å²) in [6, 6.07) is 12.4. The summed E-state index contributed by atoms with van der Waals surface area (Å²) in [6.45, 7) is 7.55. The van der Waals surface area contributed by atoms with Crippen molar-refractivity contribution in [3.8, 4) is 11.4 Å². The third-order valence-electron chi connectivity index (χ3n) is 4.26. The lowest BCUT2D eigenvalue weighted by molar-refractivity contribution is 0.0959. The first-order valence-corrected chi connectivity index (χ1v) is 8.19. The highest BCUT2D eigenvalue weighted by Crippen LogP contribution is 2.20. The number of aliphatic hydroxyl groups is 1. The van der Waals surface area contributed by atoms with Crippen LogP contribution in [0.4, 0.5) is 5.82 Å². The Kier molecular flexibility index (Phi) is 4.88. The molecule has 1 aromatic carbocycles. The van der Waals surface area contributed by atoms with Crippen LogP contribution in [-0.4, -0.2) is 58.3 Å². The summed E-state index contributed by atoms with van der Waals surface area (Å²) in [7, 11) is 0.